The number of benzene rings is 1. The second-order valence-electron chi connectivity index (χ2n) is 3.10. The molecule has 0 saturated carbocycles. The van der Waals surface area contributed by atoms with Crippen molar-refractivity contribution in [2.24, 2.45) is 7.05 Å². The number of hydrogen-bond acceptors (Lipinski definition) is 2. The largest absolute Gasteiger partial charge is 0.253 e. The predicted molar refractivity (Wildman–Crippen MR) is 58.0 cm³/mol. The Morgan fingerprint density at radius 2 is 2.00 bits per heavy atom. The molecule has 14 heavy (non-hydrogen) atoms. The number of halogens is 1. The SMILES string of the molecule is Cn1ncnc1Cc1ccc(Br)cc1. The standard InChI is InChI=1S/C10H10BrN3/c1-14-10(12-7-13-14)6-8-2-4-9(11)5-3-8/h2-5,7H,6H2,1H3. The highest BCUT2D eigenvalue weighted by molar-refractivity contribution is 9.10. The average molecular weight is 252 g/mol. The molecule has 0 amide bonds. The quantitative estimate of drug-likeness (QED) is 0.820. The van der Waals surface area contributed by atoms with Crippen LogP contribution in [-0.2, 0) is 13.5 Å². The highest BCUT2D eigenvalue weighted by atomic mass is 79.9. The minimum absolute atomic E-state index is 0.823. The number of rotatable bonds is 2. The summed E-state index contributed by atoms with van der Waals surface area (Å²) in [6, 6.07) is 8.23. The van der Waals surface area contributed by atoms with E-state index in [1.54, 1.807) is 11.0 Å². The fourth-order valence-electron chi connectivity index (χ4n) is 1.27. The third-order valence-corrected chi connectivity index (χ3v) is 2.61. The van der Waals surface area contributed by atoms with Gasteiger partial charge in [0.05, 0.1) is 0 Å². The van der Waals surface area contributed by atoms with Crippen molar-refractivity contribution in [1.29, 1.82) is 0 Å². The summed E-state index contributed by atoms with van der Waals surface area (Å²) in [6.07, 6.45) is 2.40. The molecule has 0 aliphatic heterocycles. The van der Waals surface area contributed by atoms with E-state index in [9.17, 15) is 0 Å². The van der Waals surface area contributed by atoms with Crippen LogP contribution in [0.2, 0.25) is 0 Å². The van der Waals surface area contributed by atoms with Gasteiger partial charge < -0.3 is 0 Å². The van der Waals surface area contributed by atoms with E-state index >= 15 is 0 Å². The number of aryl methyl sites for hydroxylation is 1. The Morgan fingerprint density at radius 3 is 2.57 bits per heavy atom. The van der Waals surface area contributed by atoms with Crippen LogP contribution < -0.4 is 0 Å². The zero-order chi connectivity index (χ0) is 9.97. The predicted octanol–water partition coefficient (Wildman–Crippen LogP) is 2.17. The third kappa shape index (κ3) is 2.01. The first kappa shape index (κ1) is 9.40. The molecule has 0 radical (unpaired) electrons. The van der Waals surface area contributed by atoms with Crippen LogP contribution in [-0.4, -0.2) is 14.8 Å². The van der Waals surface area contributed by atoms with Gasteiger partial charge in [0, 0.05) is 17.9 Å². The fourth-order valence-corrected chi connectivity index (χ4v) is 1.53. The first-order chi connectivity index (χ1) is 6.75. The molecule has 3 nitrogen and oxygen atoms in total. The molecule has 0 unspecified atom stereocenters. The van der Waals surface area contributed by atoms with E-state index in [0.717, 1.165) is 16.7 Å². The van der Waals surface area contributed by atoms with Crippen LogP contribution in [0.4, 0.5) is 0 Å². The maximum atomic E-state index is 4.17. The summed E-state index contributed by atoms with van der Waals surface area (Å²) >= 11 is 3.40. The van der Waals surface area contributed by atoms with Crippen LogP contribution in [0, 0.1) is 0 Å². The second-order valence-corrected chi connectivity index (χ2v) is 4.02. The van der Waals surface area contributed by atoms with E-state index in [-0.39, 0.29) is 0 Å². The van der Waals surface area contributed by atoms with Gasteiger partial charge in [0.15, 0.2) is 0 Å². The molecule has 4 heteroatoms. The van der Waals surface area contributed by atoms with Gasteiger partial charge in [-0.25, -0.2) is 4.98 Å². The van der Waals surface area contributed by atoms with Gasteiger partial charge in [-0.1, -0.05) is 28.1 Å². The van der Waals surface area contributed by atoms with E-state index in [2.05, 4.69) is 38.1 Å². The summed E-state index contributed by atoms with van der Waals surface area (Å²) in [7, 11) is 1.90. The van der Waals surface area contributed by atoms with Crippen molar-refractivity contribution < 1.29 is 0 Å². The van der Waals surface area contributed by atoms with Crippen LogP contribution >= 0.6 is 15.9 Å². The maximum Gasteiger partial charge on any atom is 0.138 e. The highest BCUT2D eigenvalue weighted by Gasteiger charge is 2.01. The van der Waals surface area contributed by atoms with Crippen molar-refractivity contribution >= 4 is 15.9 Å². The summed E-state index contributed by atoms with van der Waals surface area (Å²) in [5, 5.41) is 4.03. The summed E-state index contributed by atoms with van der Waals surface area (Å²) in [6.45, 7) is 0. The number of hydrogen-bond donors (Lipinski definition) is 0. The lowest BCUT2D eigenvalue weighted by Crippen LogP contribution is -2.00. The molecule has 2 rings (SSSR count). The van der Waals surface area contributed by atoms with Crippen LogP contribution in [0.3, 0.4) is 0 Å². The van der Waals surface area contributed by atoms with Crippen LogP contribution in [0.5, 0.6) is 0 Å². The molecule has 2 aromatic rings. The van der Waals surface area contributed by atoms with Crippen LogP contribution in [0.15, 0.2) is 35.1 Å². The molecular weight excluding hydrogens is 242 g/mol. The molecule has 1 aromatic heterocycles. The van der Waals surface area contributed by atoms with Crippen molar-refractivity contribution in [3.8, 4) is 0 Å². The minimum atomic E-state index is 0.823. The molecule has 1 heterocycles. The van der Waals surface area contributed by atoms with Gasteiger partial charge in [0.25, 0.3) is 0 Å². The van der Waals surface area contributed by atoms with E-state index in [1.165, 1.54) is 5.56 Å². The van der Waals surface area contributed by atoms with Crippen molar-refractivity contribution in [2.45, 2.75) is 6.42 Å². The zero-order valence-electron chi connectivity index (χ0n) is 7.81. The molecule has 72 valence electrons. The molecule has 0 bridgehead atoms. The molecule has 0 fully saturated rings. The molecule has 0 saturated heterocycles. The number of nitrogens with zero attached hydrogens (tertiary/aromatic N) is 3. The Bertz CT molecular complexity index is 419. The third-order valence-electron chi connectivity index (χ3n) is 2.08. The minimum Gasteiger partial charge on any atom is -0.253 e. The highest BCUT2D eigenvalue weighted by Crippen LogP contribution is 2.12. The lowest BCUT2D eigenvalue weighted by molar-refractivity contribution is 0.716. The van der Waals surface area contributed by atoms with Gasteiger partial charge in [-0.05, 0) is 17.7 Å². The lowest BCUT2D eigenvalue weighted by atomic mass is 10.1. The Balaban J connectivity index is 2.19. The second kappa shape index (κ2) is 3.92. The van der Waals surface area contributed by atoms with Gasteiger partial charge in [-0.3, -0.25) is 4.68 Å². The maximum absolute atomic E-state index is 4.17. The first-order valence-corrected chi connectivity index (χ1v) is 5.12. The monoisotopic (exact) mass is 251 g/mol. The molecule has 0 spiro atoms. The van der Waals surface area contributed by atoms with E-state index in [1.807, 2.05) is 19.2 Å². The zero-order valence-corrected chi connectivity index (χ0v) is 9.40. The summed E-state index contributed by atoms with van der Waals surface area (Å²) in [5.41, 5.74) is 1.24. The smallest absolute Gasteiger partial charge is 0.138 e. The topological polar surface area (TPSA) is 30.7 Å². The Hall–Kier alpha value is -1.16. The molecular formula is C10H10BrN3. The Labute approximate surface area is 90.9 Å². The molecule has 0 N–H and O–H groups in total. The summed E-state index contributed by atoms with van der Waals surface area (Å²) in [4.78, 5) is 4.17. The molecule has 1 aromatic carbocycles. The Morgan fingerprint density at radius 1 is 1.29 bits per heavy atom. The van der Waals surface area contributed by atoms with Crippen molar-refractivity contribution in [2.75, 3.05) is 0 Å². The normalized spacial score (nSPS) is 10.4. The molecule has 0 aliphatic carbocycles. The van der Waals surface area contributed by atoms with Crippen LogP contribution in [0.1, 0.15) is 11.4 Å². The van der Waals surface area contributed by atoms with Gasteiger partial charge in [0.2, 0.25) is 0 Å². The van der Waals surface area contributed by atoms with Crippen molar-refractivity contribution in [3.05, 3.63) is 46.5 Å². The van der Waals surface area contributed by atoms with Crippen molar-refractivity contribution in [3.63, 3.8) is 0 Å². The van der Waals surface area contributed by atoms with Crippen LogP contribution in [0.25, 0.3) is 0 Å². The first-order valence-electron chi connectivity index (χ1n) is 4.33. The molecule has 0 atom stereocenters. The lowest BCUT2D eigenvalue weighted by Gasteiger charge is -2.00. The van der Waals surface area contributed by atoms with Gasteiger partial charge in [-0.15, -0.1) is 0 Å². The number of aromatic nitrogens is 3. The fraction of sp³-hybridized carbons (Fsp3) is 0.200. The average Bonchev–Trinajstić information content (AvgIpc) is 2.56. The van der Waals surface area contributed by atoms with E-state index < -0.39 is 0 Å². The summed E-state index contributed by atoms with van der Waals surface area (Å²) in [5.74, 6) is 0.979. The van der Waals surface area contributed by atoms with E-state index in [4.69, 9.17) is 0 Å². The van der Waals surface area contributed by atoms with Gasteiger partial charge in [0.1, 0.15) is 12.2 Å². The Kier molecular flexibility index (Phi) is 2.63. The van der Waals surface area contributed by atoms with Crippen molar-refractivity contribution in [1.82, 2.24) is 14.8 Å². The van der Waals surface area contributed by atoms with Gasteiger partial charge >= 0.3 is 0 Å². The molecule has 0 aliphatic rings. The van der Waals surface area contributed by atoms with Gasteiger partial charge in [-0.2, -0.15) is 5.10 Å². The van der Waals surface area contributed by atoms with E-state index in [0.29, 0.717) is 0 Å². The summed E-state index contributed by atoms with van der Waals surface area (Å²) < 4.78 is 2.89.